The number of hydrogen-bond acceptors (Lipinski definition) is 2. The molecule has 0 bridgehead atoms. The summed E-state index contributed by atoms with van der Waals surface area (Å²) in [6, 6.07) is 9.67. The van der Waals surface area contributed by atoms with E-state index in [-0.39, 0.29) is 4.75 Å². The topological polar surface area (TPSA) is 29.4 Å². The molecular weight excluding hydrogens is 206 g/mol. The van der Waals surface area contributed by atoms with Crippen LogP contribution in [-0.2, 0) is 9.73 Å². The Morgan fingerprint density at radius 1 is 1.27 bits per heavy atom. The van der Waals surface area contributed by atoms with Gasteiger partial charge in [-0.2, -0.15) is 0 Å². The third kappa shape index (κ3) is 1.49. The molecule has 1 aromatic rings. The molecule has 0 radical (unpaired) electrons. The van der Waals surface area contributed by atoms with Crippen molar-refractivity contribution in [3.8, 4) is 0 Å². The molecule has 1 atom stereocenters. The zero-order chi connectivity index (χ0) is 10.9. The first-order valence-corrected chi connectivity index (χ1v) is 6.84. The molecular formula is C12H17NOS. The van der Waals surface area contributed by atoms with Gasteiger partial charge in [-0.15, -0.1) is 0 Å². The fraction of sp³-hybridized carbons (Fsp3) is 0.500. The van der Waals surface area contributed by atoms with E-state index in [1.165, 1.54) is 6.42 Å². The molecule has 0 heterocycles. The van der Waals surface area contributed by atoms with Crippen LogP contribution in [0.15, 0.2) is 39.6 Å². The standard InChI is InChI=1S/C12H17NOS/c1-12(9-6-10-12)15(14,13-2)11-7-4-3-5-8-11/h3-5,7-8H,6,9-10H2,1-2H3. The van der Waals surface area contributed by atoms with Crippen molar-refractivity contribution in [3.05, 3.63) is 30.3 Å². The highest BCUT2D eigenvalue weighted by Crippen LogP contribution is 2.43. The predicted molar refractivity (Wildman–Crippen MR) is 63.5 cm³/mol. The average molecular weight is 223 g/mol. The Morgan fingerprint density at radius 3 is 2.27 bits per heavy atom. The Balaban J connectivity index is 2.53. The van der Waals surface area contributed by atoms with Crippen LogP contribution < -0.4 is 0 Å². The first-order valence-electron chi connectivity index (χ1n) is 5.32. The smallest absolute Gasteiger partial charge is 0.0804 e. The highest BCUT2D eigenvalue weighted by Gasteiger charge is 2.42. The normalized spacial score (nSPS) is 22.5. The summed E-state index contributed by atoms with van der Waals surface area (Å²) in [5.74, 6) is 0. The molecule has 15 heavy (non-hydrogen) atoms. The van der Waals surface area contributed by atoms with Gasteiger partial charge in [0.05, 0.1) is 14.5 Å². The van der Waals surface area contributed by atoms with Crippen LogP contribution in [-0.4, -0.2) is 16.0 Å². The van der Waals surface area contributed by atoms with E-state index in [4.69, 9.17) is 0 Å². The second kappa shape index (κ2) is 3.63. The largest absolute Gasteiger partial charge is 0.244 e. The van der Waals surface area contributed by atoms with E-state index in [0.717, 1.165) is 17.7 Å². The summed E-state index contributed by atoms with van der Waals surface area (Å²) in [4.78, 5) is 0.884. The second-order valence-electron chi connectivity index (χ2n) is 4.32. The van der Waals surface area contributed by atoms with Crippen molar-refractivity contribution in [1.29, 1.82) is 0 Å². The van der Waals surface area contributed by atoms with Gasteiger partial charge in [0.1, 0.15) is 0 Å². The maximum Gasteiger partial charge on any atom is 0.0804 e. The molecule has 0 spiro atoms. The molecule has 1 aliphatic carbocycles. The Morgan fingerprint density at radius 2 is 1.87 bits per heavy atom. The van der Waals surface area contributed by atoms with Crippen molar-refractivity contribution in [1.82, 2.24) is 0 Å². The van der Waals surface area contributed by atoms with Gasteiger partial charge in [0.2, 0.25) is 0 Å². The van der Waals surface area contributed by atoms with Crippen molar-refractivity contribution in [2.24, 2.45) is 4.36 Å². The number of hydrogen-bond donors (Lipinski definition) is 0. The third-order valence-corrected chi connectivity index (χ3v) is 6.57. The summed E-state index contributed by atoms with van der Waals surface area (Å²) in [6.45, 7) is 2.10. The summed E-state index contributed by atoms with van der Waals surface area (Å²) in [7, 11) is -0.543. The van der Waals surface area contributed by atoms with Crippen LogP contribution in [0, 0.1) is 0 Å². The van der Waals surface area contributed by atoms with E-state index >= 15 is 0 Å². The lowest BCUT2D eigenvalue weighted by Crippen LogP contribution is -2.41. The first-order chi connectivity index (χ1) is 7.12. The van der Waals surface area contributed by atoms with Gasteiger partial charge in [-0.3, -0.25) is 0 Å². The highest BCUT2D eigenvalue weighted by molar-refractivity contribution is 7.95. The van der Waals surface area contributed by atoms with Crippen LogP contribution in [0.4, 0.5) is 0 Å². The van der Waals surface area contributed by atoms with E-state index in [1.807, 2.05) is 30.3 Å². The minimum absolute atomic E-state index is 0.108. The van der Waals surface area contributed by atoms with Crippen LogP contribution in [0.5, 0.6) is 0 Å². The van der Waals surface area contributed by atoms with Crippen molar-refractivity contribution >= 4 is 9.73 Å². The zero-order valence-electron chi connectivity index (χ0n) is 9.27. The van der Waals surface area contributed by atoms with E-state index in [0.29, 0.717) is 0 Å². The first kappa shape index (κ1) is 10.7. The second-order valence-corrected chi connectivity index (χ2v) is 7.20. The number of benzene rings is 1. The molecule has 1 aliphatic rings. The molecule has 0 saturated heterocycles. The molecule has 2 nitrogen and oxygen atoms in total. The Hall–Kier alpha value is -0.830. The lowest BCUT2D eigenvalue weighted by molar-refractivity contribution is 0.376. The minimum Gasteiger partial charge on any atom is -0.244 e. The van der Waals surface area contributed by atoms with Gasteiger partial charge >= 0.3 is 0 Å². The molecule has 1 fully saturated rings. The van der Waals surface area contributed by atoms with Crippen LogP contribution in [0.1, 0.15) is 26.2 Å². The summed E-state index contributed by atoms with van der Waals surface area (Å²) >= 11 is 0. The molecule has 0 aliphatic heterocycles. The molecule has 1 aromatic carbocycles. The van der Waals surface area contributed by atoms with E-state index in [2.05, 4.69) is 11.3 Å². The molecule has 3 heteroatoms. The fourth-order valence-corrected chi connectivity index (χ4v) is 4.76. The lowest BCUT2D eigenvalue weighted by atomic mass is 9.86. The number of nitrogens with zero attached hydrogens (tertiary/aromatic N) is 1. The number of rotatable bonds is 2. The van der Waals surface area contributed by atoms with Gasteiger partial charge in [-0.25, -0.2) is 8.57 Å². The zero-order valence-corrected chi connectivity index (χ0v) is 10.1. The SMILES string of the molecule is CN=S(=O)(c1ccccc1)C1(C)CCC1. The Kier molecular flexibility index (Phi) is 2.59. The lowest BCUT2D eigenvalue weighted by Gasteiger charge is -2.40. The van der Waals surface area contributed by atoms with Crippen molar-refractivity contribution in [3.63, 3.8) is 0 Å². The average Bonchev–Trinajstić information content (AvgIpc) is 2.26. The van der Waals surface area contributed by atoms with Crippen LogP contribution in [0.25, 0.3) is 0 Å². The van der Waals surface area contributed by atoms with Crippen molar-refractivity contribution in [2.45, 2.75) is 35.8 Å². The summed E-state index contributed by atoms with van der Waals surface area (Å²) in [5.41, 5.74) is 0. The van der Waals surface area contributed by atoms with Crippen LogP contribution in [0.2, 0.25) is 0 Å². The van der Waals surface area contributed by atoms with Crippen molar-refractivity contribution < 1.29 is 4.21 Å². The summed E-state index contributed by atoms with van der Waals surface area (Å²) in [6.07, 6.45) is 3.23. The van der Waals surface area contributed by atoms with Gasteiger partial charge in [-0.1, -0.05) is 24.6 Å². The van der Waals surface area contributed by atoms with Gasteiger partial charge < -0.3 is 0 Å². The maximum atomic E-state index is 12.9. The molecule has 0 amide bonds. The molecule has 1 unspecified atom stereocenters. The van der Waals surface area contributed by atoms with E-state index < -0.39 is 9.73 Å². The summed E-state index contributed by atoms with van der Waals surface area (Å²) < 4.78 is 17.0. The van der Waals surface area contributed by atoms with Crippen LogP contribution >= 0.6 is 0 Å². The van der Waals surface area contributed by atoms with Crippen LogP contribution in [0.3, 0.4) is 0 Å². The minimum atomic E-state index is -2.22. The predicted octanol–water partition coefficient (Wildman–Crippen LogP) is 3.09. The third-order valence-electron chi connectivity index (χ3n) is 3.40. The van der Waals surface area contributed by atoms with Crippen molar-refractivity contribution in [2.75, 3.05) is 7.05 Å². The Labute approximate surface area is 91.9 Å². The van der Waals surface area contributed by atoms with E-state index in [9.17, 15) is 4.21 Å². The maximum absolute atomic E-state index is 12.9. The van der Waals surface area contributed by atoms with Gasteiger partial charge in [0.15, 0.2) is 0 Å². The quantitative estimate of drug-likeness (QED) is 0.757. The van der Waals surface area contributed by atoms with Gasteiger partial charge in [0, 0.05) is 11.9 Å². The molecule has 82 valence electrons. The Bertz CT molecular complexity index is 454. The molecule has 0 aromatic heterocycles. The fourth-order valence-electron chi connectivity index (χ4n) is 2.17. The molecule has 1 saturated carbocycles. The van der Waals surface area contributed by atoms with E-state index in [1.54, 1.807) is 7.05 Å². The summed E-state index contributed by atoms with van der Waals surface area (Å²) in [5, 5.41) is 0. The van der Waals surface area contributed by atoms with Gasteiger partial charge in [-0.05, 0) is 31.9 Å². The molecule has 0 N–H and O–H groups in total. The monoisotopic (exact) mass is 223 g/mol. The van der Waals surface area contributed by atoms with Gasteiger partial charge in [0.25, 0.3) is 0 Å². The highest BCUT2D eigenvalue weighted by atomic mass is 32.2. The molecule has 2 rings (SSSR count).